The molecule has 1 rings (SSSR count). The summed E-state index contributed by atoms with van der Waals surface area (Å²) in [5.74, 6) is 0.496. The highest BCUT2D eigenvalue weighted by atomic mass is 16.5. The highest BCUT2D eigenvalue weighted by Crippen LogP contribution is 2.34. The Kier molecular flexibility index (Phi) is 6.86. The molecule has 1 N–H and O–H groups in total. The van der Waals surface area contributed by atoms with Gasteiger partial charge in [-0.15, -0.1) is 0 Å². The van der Waals surface area contributed by atoms with Crippen LogP contribution < -0.4 is 10.1 Å². The van der Waals surface area contributed by atoms with Crippen molar-refractivity contribution >= 4 is 5.97 Å². The van der Waals surface area contributed by atoms with Crippen molar-refractivity contribution in [1.29, 1.82) is 0 Å². The van der Waals surface area contributed by atoms with Gasteiger partial charge in [0.25, 0.3) is 0 Å². The number of benzene rings is 1. The first-order valence-electron chi connectivity index (χ1n) is 9.36. The zero-order valence-electron chi connectivity index (χ0n) is 17.7. The first-order valence-corrected chi connectivity index (χ1v) is 9.36. The molecule has 0 aliphatic rings. The van der Waals surface area contributed by atoms with Gasteiger partial charge in [-0.3, -0.25) is 4.79 Å². The van der Waals surface area contributed by atoms with Crippen LogP contribution in [0.25, 0.3) is 0 Å². The van der Waals surface area contributed by atoms with Crippen molar-refractivity contribution in [1.82, 2.24) is 5.32 Å². The van der Waals surface area contributed by atoms with Crippen LogP contribution in [0.2, 0.25) is 0 Å². The van der Waals surface area contributed by atoms with E-state index in [0.717, 1.165) is 12.8 Å². The molecule has 0 saturated heterocycles. The lowest BCUT2D eigenvalue weighted by Crippen LogP contribution is -2.40. The SMILES string of the molecule is CCCC(C)(CNC)C(=O)Oc1cc(C(C)(C)C)cc(C(C)(C)C)c1. The van der Waals surface area contributed by atoms with E-state index in [1.807, 2.05) is 26.1 Å². The van der Waals surface area contributed by atoms with E-state index in [9.17, 15) is 4.79 Å². The molecule has 25 heavy (non-hydrogen) atoms. The van der Waals surface area contributed by atoms with Gasteiger partial charge in [0, 0.05) is 6.54 Å². The summed E-state index contributed by atoms with van der Waals surface area (Å²) < 4.78 is 5.88. The second kappa shape index (κ2) is 7.90. The largest absolute Gasteiger partial charge is 0.426 e. The first kappa shape index (κ1) is 21.7. The zero-order valence-corrected chi connectivity index (χ0v) is 17.7. The maximum atomic E-state index is 12.9. The van der Waals surface area contributed by atoms with Gasteiger partial charge in [-0.05, 0) is 54.5 Å². The van der Waals surface area contributed by atoms with E-state index in [0.29, 0.717) is 12.3 Å². The van der Waals surface area contributed by atoms with Crippen molar-refractivity contribution in [2.24, 2.45) is 5.41 Å². The van der Waals surface area contributed by atoms with E-state index < -0.39 is 5.41 Å². The molecule has 1 atom stereocenters. The molecule has 0 heterocycles. The van der Waals surface area contributed by atoms with Gasteiger partial charge in [0.15, 0.2) is 0 Å². The third-order valence-electron chi connectivity index (χ3n) is 4.71. The number of carbonyl (C=O) groups excluding carboxylic acids is 1. The summed E-state index contributed by atoms with van der Waals surface area (Å²) in [4.78, 5) is 12.9. The molecule has 1 unspecified atom stereocenters. The Morgan fingerprint density at radius 1 is 0.960 bits per heavy atom. The third kappa shape index (κ3) is 5.85. The predicted molar refractivity (Wildman–Crippen MR) is 106 cm³/mol. The van der Waals surface area contributed by atoms with Crippen molar-refractivity contribution in [2.45, 2.75) is 79.1 Å². The van der Waals surface area contributed by atoms with Crippen LogP contribution in [-0.2, 0) is 15.6 Å². The van der Waals surface area contributed by atoms with Gasteiger partial charge in [-0.2, -0.15) is 0 Å². The molecule has 0 spiro atoms. The van der Waals surface area contributed by atoms with Crippen LogP contribution in [-0.4, -0.2) is 19.6 Å². The normalized spacial score (nSPS) is 14.9. The summed E-state index contributed by atoms with van der Waals surface area (Å²) in [5, 5.41) is 3.13. The highest BCUT2D eigenvalue weighted by molar-refractivity contribution is 5.79. The number of esters is 1. The van der Waals surface area contributed by atoms with Crippen LogP contribution >= 0.6 is 0 Å². The number of carbonyl (C=O) groups is 1. The molecular formula is C22H37NO2. The van der Waals surface area contributed by atoms with Crippen LogP contribution in [0.3, 0.4) is 0 Å². The lowest BCUT2D eigenvalue weighted by Gasteiger charge is -2.29. The molecule has 0 bridgehead atoms. The Morgan fingerprint density at radius 3 is 1.80 bits per heavy atom. The van der Waals surface area contributed by atoms with Crippen LogP contribution in [0.15, 0.2) is 18.2 Å². The van der Waals surface area contributed by atoms with E-state index in [1.54, 1.807) is 0 Å². The molecule has 3 nitrogen and oxygen atoms in total. The Hall–Kier alpha value is -1.35. The monoisotopic (exact) mass is 347 g/mol. The summed E-state index contributed by atoms with van der Waals surface area (Å²) in [6, 6.07) is 6.26. The molecule has 142 valence electrons. The van der Waals surface area contributed by atoms with Crippen molar-refractivity contribution in [3.8, 4) is 5.75 Å². The van der Waals surface area contributed by atoms with Crippen LogP contribution in [0.5, 0.6) is 5.75 Å². The number of hydrogen-bond acceptors (Lipinski definition) is 3. The van der Waals surface area contributed by atoms with E-state index in [4.69, 9.17) is 4.74 Å². The molecule has 3 heteroatoms. The fourth-order valence-electron chi connectivity index (χ4n) is 2.96. The van der Waals surface area contributed by atoms with E-state index in [1.165, 1.54) is 11.1 Å². The standard InChI is InChI=1S/C22H37NO2/c1-10-11-22(8,15-23-9)19(24)25-18-13-16(20(2,3)4)12-17(14-18)21(5,6)7/h12-14,23H,10-11,15H2,1-9H3. The van der Waals surface area contributed by atoms with Gasteiger partial charge in [0.05, 0.1) is 5.41 Å². The Bertz CT molecular complexity index is 553. The van der Waals surface area contributed by atoms with Gasteiger partial charge >= 0.3 is 5.97 Å². The molecule has 0 aliphatic heterocycles. The van der Waals surface area contributed by atoms with Crippen LogP contribution in [0.4, 0.5) is 0 Å². The van der Waals surface area contributed by atoms with E-state index in [-0.39, 0.29) is 16.8 Å². The number of ether oxygens (including phenoxy) is 1. The minimum absolute atomic E-state index is 0.000113. The molecule has 1 aromatic rings. The zero-order chi connectivity index (χ0) is 19.5. The lowest BCUT2D eigenvalue weighted by atomic mass is 9.80. The smallest absolute Gasteiger partial charge is 0.318 e. The molecular weight excluding hydrogens is 310 g/mol. The average Bonchev–Trinajstić information content (AvgIpc) is 2.45. The topological polar surface area (TPSA) is 38.3 Å². The van der Waals surface area contributed by atoms with Crippen LogP contribution in [0.1, 0.15) is 79.4 Å². The van der Waals surface area contributed by atoms with E-state index >= 15 is 0 Å². The van der Waals surface area contributed by atoms with Crippen molar-refractivity contribution in [3.63, 3.8) is 0 Å². The van der Waals surface area contributed by atoms with Crippen molar-refractivity contribution in [3.05, 3.63) is 29.3 Å². The maximum absolute atomic E-state index is 12.9. The summed E-state index contributed by atoms with van der Waals surface area (Å²) >= 11 is 0. The maximum Gasteiger partial charge on any atom is 0.318 e. The van der Waals surface area contributed by atoms with Gasteiger partial charge in [-0.25, -0.2) is 0 Å². The van der Waals surface area contributed by atoms with Gasteiger partial charge < -0.3 is 10.1 Å². The molecule has 0 radical (unpaired) electrons. The summed E-state index contributed by atoms with van der Waals surface area (Å²) in [7, 11) is 1.87. The fourth-order valence-corrected chi connectivity index (χ4v) is 2.96. The fraction of sp³-hybridized carbons (Fsp3) is 0.682. The average molecular weight is 348 g/mol. The second-order valence-corrected chi connectivity index (χ2v) is 9.48. The number of rotatable bonds is 6. The van der Waals surface area contributed by atoms with Gasteiger partial charge in [-0.1, -0.05) is 61.0 Å². The number of hydrogen-bond donors (Lipinski definition) is 1. The Morgan fingerprint density at radius 2 is 1.44 bits per heavy atom. The molecule has 1 aromatic carbocycles. The Balaban J connectivity index is 3.26. The van der Waals surface area contributed by atoms with Gasteiger partial charge in [0.1, 0.15) is 5.75 Å². The summed E-state index contributed by atoms with van der Waals surface area (Å²) in [6.45, 7) is 17.8. The summed E-state index contributed by atoms with van der Waals surface area (Å²) in [6.07, 6.45) is 1.75. The minimum atomic E-state index is -0.511. The summed E-state index contributed by atoms with van der Waals surface area (Å²) in [5.41, 5.74) is 1.87. The van der Waals surface area contributed by atoms with Crippen LogP contribution in [0, 0.1) is 5.41 Å². The Labute approximate surface area is 154 Å². The lowest BCUT2D eigenvalue weighted by molar-refractivity contribution is -0.145. The predicted octanol–water partition coefficient (Wildman–Crippen LogP) is 5.21. The first-order chi connectivity index (χ1) is 11.3. The van der Waals surface area contributed by atoms with Crippen molar-refractivity contribution < 1.29 is 9.53 Å². The highest BCUT2D eigenvalue weighted by Gasteiger charge is 2.34. The van der Waals surface area contributed by atoms with E-state index in [2.05, 4.69) is 59.8 Å². The second-order valence-electron chi connectivity index (χ2n) is 9.48. The third-order valence-corrected chi connectivity index (χ3v) is 4.71. The number of nitrogens with one attached hydrogen (secondary N) is 1. The molecule has 0 saturated carbocycles. The molecule has 0 amide bonds. The quantitative estimate of drug-likeness (QED) is 0.567. The molecule has 0 fully saturated rings. The van der Waals surface area contributed by atoms with Crippen molar-refractivity contribution in [2.75, 3.05) is 13.6 Å². The van der Waals surface area contributed by atoms with Gasteiger partial charge in [0.2, 0.25) is 0 Å². The molecule has 0 aliphatic carbocycles. The minimum Gasteiger partial charge on any atom is -0.426 e. The molecule has 0 aromatic heterocycles.